The zero-order valence-electron chi connectivity index (χ0n) is 14.7. The molecule has 0 atom stereocenters. The van der Waals surface area contributed by atoms with Crippen molar-refractivity contribution >= 4 is 34.5 Å². The van der Waals surface area contributed by atoms with Gasteiger partial charge in [0.15, 0.2) is 0 Å². The second-order valence-corrected chi connectivity index (χ2v) is 6.81. The van der Waals surface area contributed by atoms with Crippen LogP contribution >= 0.6 is 11.3 Å². The van der Waals surface area contributed by atoms with Crippen LogP contribution in [0.5, 0.6) is 0 Å². The van der Waals surface area contributed by atoms with Gasteiger partial charge in [-0.3, -0.25) is 19.7 Å². The number of nitro groups is 1. The molecule has 0 aliphatic carbocycles. The van der Waals surface area contributed by atoms with Crippen molar-refractivity contribution in [2.75, 3.05) is 0 Å². The van der Waals surface area contributed by atoms with Crippen molar-refractivity contribution in [2.45, 2.75) is 0 Å². The van der Waals surface area contributed by atoms with E-state index in [9.17, 15) is 25.0 Å². The molecular weight excluding hydrogens is 378 g/mol. The summed E-state index contributed by atoms with van der Waals surface area (Å²) in [5.74, 6) is -0.489. The van der Waals surface area contributed by atoms with Crippen LogP contribution in [-0.4, -0.2) is 15.3 Å². The Morgan fingerprint density at radius 2 is 1.82 bits per heavy atom. The number of Topliss-reactive ketones (excluding diaryl/α,β-unsaturated/α-hetero) is 1. The number of nitrogens with zero attached hydrogens (tertiary/aromatic N) is 3. The molecule has 7 nitrogen and oxygen atoms in total. The molecular formula is C20H13N3O4S. The third-order valence-corrected chi connectivity index (χ3v) is 5.22. The van der Waals surface area contributed by atoms with E-state index in [0.29, 0.717) is 5.56 Å². The Morgan fingerprint density at radius 3 is 2.46 bits per heavy atom. The molecule has 1 heterocycles. The highest BCUT2D eigenvalue weighted by Crippen LogP contribution is 2.17. The number of thiazole rings is 1. The van der Waals surface area contributed by atoms with Crippen LogP contribution in [0.1, 0.15) is 15.9 Å². The first-order valence-corrected chi connectivity index (χ1v) is 8.91. The van der Waals surface area contributed by atoms with Gasteiger partial charge in [0, 0.05) is 18.7 Å². The minimum Gasteiger partial charge on any atom is -0.301 e. The van der Waals surface area contributed by atoms with Gasteiger partial charge < -0.3 is 4.57 Å². The van der Waals surface area contributed by atoms with E-state index < -0.39 is 16.3 Å². The van der Waals surface area contributed by atoms with Gasteiger partial charge >= 0.3 is 0 Å². The number of ketones is 1. The summed E-state index contributed by atoms with van der Waals surface area (Å²) in [5, 5.41) is 20.7. The number of hydrogen-bond donors (Lipinski definition) is 0. The van der Waals surface area contributed by atoms with E-state index in [-0.39, 0.29) is 26.0 Å². The first-order chi connectivity index (χ1) is 13.4. The van der Waals surface area contributed by atoms with Gasteiger partial charge in [-0.15, -0.1) is 11.3 Å². The Labute approximate surface area is 162 Å². The number of aromatic nitrogens is 1. The molecule has 3 aromatic rings. The summed E-state index contributed by atoms with van der Waals surface area (Å²) in [6.45, 7) is 0. The fourth-order valence-electron chi connectivity index (χ4n) is 2.63. The molecule has 0 aliphatic rings. The summed E-state index contributed by atoms with van der Waals surface area (Å²) >= 11 is 0.949. The van der Waals surface area contributed by atoms with Gasteiger partial charge in [-0.25, -0.2) is 0 Å². The minimum absolute atomic E-state index is 0.135. The molecule has 0 saturated carbocycles. The fraction of sp³-hybridized carbons (Fsp3) is 0.0500. The van der Waals surface area contributed by atoms with E-state index in [0.717, 1.165) is 11.3 Å². The average molecular weight is 391 g/mol. The molecule has 3 rings (SSSR count). The van der Waals surface area contributed by atoms with Gasteiger partial charge in [0.1, 0.15) is 16.3 Å². The van der Waals surface area contributed by atoms with Crippen molar-refractivity contribution in [1.29, 1.82) is 5.26 Å². The van der Waals surface area contributed by atoms with Crippen LogP contribution in [0.15, 0.2) is 59.4 Å². The lowest BCUT2D eigenvalue weighted by atomic mass is 10.1. The average Bonchev–Trinajstić information content (AvgIpc) is 2.98. The normalized spacial score (nSPS) is 12.4. The molecule has 0 bridgehead atoms. The molecule has 0 amide bonds. The lowest BCUT2D eigenvalue weighted by molar-refractivity contribution is -0.385. The van der Waals surface area contributed by atoms with Crippen molar-refractivity contribution in [3.8, 4) is 6.07 Å². The molecule has 0 spiro atoms. The Morgan fingerprint density at radius 1 is 1.18 bits per heavy atom. The molecule has 0 radical (unpaired) electrons. The molecule has 2 aromatic carbocycles. The van der Waals surface area contributed by atoms with Crippen molar-refractivity contribution in [3.05, 3.63) is 95.4 Å². The number of rotatable bonds is 4. The summed E-state index contributed by atoms with van der Waals surface area (Å²) in [7, 11) is 1.46. The standard InChI is InChI=1S/C20H13N3O4S/c1-22-19(25)17(11-14-9-5-6-10-16(14)23(26)27)28-20(22)15(12-21)18(24)13-7-3-2-4-8-13/h2-11H,1H3/b17-11+,20-15-. The van der Waals surface area contributed by atoms with Crippen LogP contribution in [-0.2, 0) is 7.05 Å². The summed E-state index contributed by atoms with van der Waals surface area (Å²) in [4.78, 5) is 35.9. The van der Waals surface area contributed by atoms with Crippen LogP contribution in [0.25, 0.3) is 11.6 Å². The molecule has 1 aromatic heterocycles. The number of carbonyl (C=O) groups excluding carboxylic acids is 1. The molecule has 0 aliphatic heterocycles. The highest BCUT2D eigenvalue weighted by molar-refractivity contribution is 7.07. The van der Waals surface area contributed by atoms with Gasteiger partial charge in [0.2, 0.25) is 5.78 Å². The van der Waals surface area contributed by atoms with Crippen molar-refractivity contribution in [3.63, 3.8) is 0 Å². The topological polar surface area (TPSA) is 106 Å². The highest BCUT2D eigenvalue weighted by atomic mass is 32.1. The second kappa shape index (κ2) is 7.82. The Bertz CT molecular complexity index is 1300. The Hall–Kier alpha value is -3.83. The predicted molar refractivity (Wildman–Crippen MR) is 105 cm³/mol. The van der Waals surface area contributed by atoms with E-state index in [4.69, 9.17) is 0 Å². The monoisotopic (exact) mass is 391 g/mol. The number of carbonyl (C=O) groups is 1. The SMILES string of the molecule is Cn1c(=O)/c(=C\c2ccccc2[N+](=O)[O-])s/c1=C(/C#N)C(=O)c1ccccc1. The van der Waals surface area contributed by atoms with E-state index in [1.165, 1.54) is 35.9 Å². The van der Waals surface area contributed by atoms with Crippen LogP contribution in [0.2, 0.25) is 0 Å². The first-order valence-electron chi connectivity index (χ1n) is 8.09. The molecule has 138 valence electrons. The summed E-state index contributed by atoms with van der Waals surface area (Å²) in [6.07, 6.45) is 1.40. The van der Waals surface area contributed by atoms with Gasteiger partial charge in [0.25, 0.3) is 11.2 Å². The molecule has 0 fully saturated rings. The van der Waals surface area contributed by atoms with Gasteiger partial charge in [-0.05, 0) is 12.1 Å². The fourth-order valence-corrected chi connectivity index (χ4v) is 3.71. The van der Waals surface area contributed by atoms with Crippen molar-refractivity contribution < 1.29 is 9.72 Å². The lowest BCUT2D eigenvalue weighted by Gasteiger charge is -1.98. The quantitative estimate of drug-likeness (QED) is 0.383. The number of nitriles is 1. The number of benzene rings is 2. The van der Waals surface area contributed by atoms with E-state index >= 15 is 0 Å². The van der Waals surface area contributed by atoms with Crippen LogP contribution in [0, 0.1) is 21.4 Å². The molecule has 8 heteroatoms. The third-order valence-electron chi connectivity index (χ3n) is 4.04. The zero-order chi connectivity index (χ0) is 20.3. The molecule has 28 heavy (non-hydrogen) atoms. The first kappa shape index (κ1) is 18.9. The summed E-state index contributed by atoms with van der Waals surface area (Å²) in [6, 6.07) is 16.2. The van der Waals surface area contributed by atoms with Gasteiger partial charge in [-0.1, -0.05) is 42.5 Å². The van der Waals surface area contributed by atoms with Crippen LogP contribution in [0.4, 0.5) is 5.69 Å². The molecule has 0 N–H and O–H groups in total. The van der Waals surface area contributed by atoms with Crippen LogP contribution < -0.4 is 14.8 Å². The number of para-hydroxylation sites is 1. The molecule has 0 saturated heterocycles. The number of nitro benzene ring substituents is 1. The molecule has 0 unspecified atom stereocenters. The summed E-state index contributed by atoms with van der Waals surface area (Å²) in [5.41, 5.74) is -0.121. The summed E-state index contributed by atoms with van der Waals surface area (Å²) < 4.78 is 1.61. The van der Waals surface area contributed by atoms with Crippen molar-refractivity contribution in [2.24, 2.45) is 7.05 Å². The third kappa shape index (κ3) is 3.51. The van der Waals surface area contributed by atoms with E-state index in [1.54, 1.807) is 36.4 Å². The largest absolute Gasteiger partial charge is 0.301 e. The maximum atomic E-state index is 12.7. The number of hydrogen-bond acceptors (Lipinski definition) is 6. The maximum absolute atomic E-state index is 12.7. The van der Waals surface area contributed by atoms with E-state index in [2.05, 4.69) is 0 Å². The van der Waals surface area contributed by atoms with Gasteiger partial charge in [-0.2, -0.15) is 5.26 Å². The Balaban J connectivity index is 2.26. The zero-order valence-corrected chi connectivity index (χ0v) is 15.5. The minimum atomic E-state index is -0.531. The van der Waals surface area contributed by atoms with Crippen LogP contribution in [0.3, 0.4) is 0 Å². The Kier molecular flexibility index (Phi) is 5.29. The second-order valence-electron chi connectivity index (χ2n) is 5.78. The van der Waals surface area contributed by atoms with Crippen molar-refractivity contribution in [1.82, 2.24) is 4.57 Å². The highest BCUT2D eigenvalue weighted by Gasteiger charge is 2.17. The maximum Gasteiger partial charge on any atom is 0.276 e. The smallest absolute Gasteiger partial charge is 0.276 e. The van der Waals surface area contributed by atoms with Gasteiger partial charge in [0.05, 0.1) is 15.0 Å². The lowest BCUT2D eigenvalue weighted by Crippen LogP contribution is -2.30. The predicted octanol–water partition coefficient (Wildman–Crippen LogP) is 1.74. The van der Waals surface area contributed by atoms with E-state index in [1.807, 2.05) is 6.07 Å².